The van der Waals surface area contributed by atoms with Gasteiger partial charge < -0.3 is 4.57 Å². The van der Waals surface area contributed by atoms with Gasteiger partial charge in [0.2, 0.25) is 0 Å². The molecule has 3 rings (SSSR count). The van der Waals surface area contributed by atoms with E-state index in [1.54, 1.807) is 0 Å². The number of nitrogens with zero attached hydrogens (tertiary/aromatic N) is 3. The number of rotatable bonds is 3. The van der Waals surface area contributed by atoms with Crippen LogP contribution < -0.4 is 0 Å². The smallest absolute Gasteiger partial charge is 0.164 e. The summed E-state index contributed by atoms with van der Waals surface area (Å²) in [5.74, 6) is 2.27. The summed E-state index contributed by atoms with van der Waals surface area (Å²) in [7, 11) is 0. The molecule has 1 aromatic carbocycles. The van der Waals surface area contributed by atoms with E-state index in [1.165, 1.54) is 18.4 Å². The van der Waals surface area contributed by atoms with Crippen molar-refractivity contribution in [3.8, 4) is 11.4 Å². The Morgan fingerprint density at radius 3 is 2.71 bits per heavy atom. The Hall–Kier alpha value is -1.35. The molecule has 0 amide bonds. The highest BCUT2D eigenvalue weighted by Crippen LogP contribution is 2.39. The molecule has 0 radical (unpaired) electrons. The minimum atomic E-state index is 0.426. The lowest BCUT2D eigenvalue weighted by molar-refractivity contribution is 0.711. The lowest BCUT2D eigenvalue weighted by Crippen LogP contribution is -2.02. The topological polar surface area (TPSA) is 30.7 Å². The summed E-state index contributed by atoms with van der Waals surface area (Å²) in [5.41, 5.74) is 2.38. The second-order valence-electron chi connectivity index (χ2n) is 4.49. The van der Waals surface area contributed by atoms with Crippen molar-refractivity contribution >= 4 is 11.6 Å². The molecule has 2 aromatic rings. The van der Waals surface area contributed by atoms with Crippen LogP contribution in [0.2, 0.25) is 0 Å². The van der Waals surface area contributed by atoms with Crippen molar-refractivity contribution in [3.63, 3.8) is 0 Å². The summed E-state index contributed by atoms with van der Waals surface area (Å²) in [4.78, 5) is 0. The number of hydrogen-bond donors (Lipinski definition) is 0. The summed E-state index contributed by atoms with van der Waals surface area (Å²) in [6.07, 6.45) is 2.42. The molecule has 1 aromatic heterocycles. The molecule has 0 atom stereocenters. The van der Waals surface area contributed by atoms with Crippen LogP contribution in [0.5, 0.6) is 0 Å². The van der Waals surface area contributed by atoms with E-state index in [4.69, 9.17) is 11.6 Å². The maximum Gasteiger partial charge on any atom is 0.164 e. The fraction of sp³-hybridized carbons (Fsp3) is 0.385. The molecule has 1 saturated carbocycles. The standard InChI is InChI=1S/C13H14ClN3/c1-9-4-2-3-5-11(9)13-16-15-12(8-14)17(13)10-6-7-10/h2-5,10H,6-8H2,1H3. The van der Waals surface area contributed by atoms with Crippen LogP contribution in [0.25, 0.3) is 11.4 Å². The van der Waals surface area contributed by atoms with E-state index in [1.807, 2.05) is 12.1 Å². The normalized spacial score (nSPS) is 15.2. The first-order valence-corrected chi connectivity index (χ1v) is 6.40. The van der Waals surface area contributed by atoms with E-state index >= 15 is 0 Å². The van der Waals surface area contributed by atoms with Gasteiger partial charge in [-0.15, -0.1) is 21.8 Å². The van der Waals surface area contributed by atoms with Crippen molar-refractivity contribution in [2.24, 2.45) is 0 Å². The fourth-order valence-electron chi connectivity index (χ4n) is 2.14. The van der Waals surface area contributed by atoms with Crippen molar-refractivity contribution < 1.29 is 0 Å². The molecule has 88 valence electrons. The van der Waals surface area contributed by atoms with Gasteiger partial charge in [0.1, 0.15) is 5.82 Å². The van der Waals surface area contributed by atoms with E-state index in [9.17, 15) is 0 Å². The number of benzene rings is 1. The van der Waals surface area contributed by atoms with E-state index in [0.717, 1.165) is 17.2 Å². The second kappa shape index (κ2) is 4.15. The molecule has 1 heterocycles. The Bertz CT molecular complexity index is 543. The average Bonchev–Trinajstić information content (AvgIpc) is 3.10. The minimum Gasteiger partial charge on any atom is -0.307 e. The Balaban J connectivity index is 2.14. The summed E-state index contributed by atoms with van der Waals surface area (Å²) in [5, 5.41) is 8.50. The van der Waals surface area contributed by atoms with E-state index < -0.39 is 0 Å². The Morgan fingerprint density at radius 1 is 1.29 bits per heavy atom. The Morgan fingerprint density at radius 2 is 2.06 bits per heavy atom. The third kappa shape index (κ3) is 1.84. The highest BCUT2D eigenvalue weighted by Gasteiger charge is 2.29. The van der Waals surface area contributed by atoms with Gasteiger partial charge >= 0.3 is 0 Å². The number of aryl methyl sites for hydroxylation is 1. The van der Waals surface area contributed by atoms with Crippen LogP contribution in [0.15, 0.2) is 24.3 Å². The first kappa shape index (κ1) is 10.8. The molecule has 0 unspecified atom stereocenters. The summed E-state index contributed by atoms with van der Waals surface area (Å²) in [6.45, 7) is 2.10. The molecule has 0 aliphatic heterocycles. The maximum absolute atomic E-state index is 5.92. The zero-order valence-electron chi connectivity index (χ0n) is 9.73. The predicted molar refractivity (Wildman–Crippen MR) is 68.0 cm³/mol. The highest BCUT2D eigenvalue weighted by molar-refractivity contribution is 6.16. The molecule has 17 heavy (non-hydrogen) atoms. The Labute approximate surface area is 105 Å². The van der Waals surface area contributed by atoms with Gasteiger partial charge in [0.15, 0.2) is 5.82 Å². The zero-order valence-corrected chi connectivity index (χ0v) is 10.5. The van der Waals surface area contributed by atoms with Crippen LogP contribution in [-0.4, -0.2) is 14.8 Å². The van der Waals surface area contributed by atoms with Crippen molar-refractivity contribution in [2.75, 3.05) is 0 Å². The minimum absolute atomic E-state index is 0.426. The Kier molecular flexibility index (Phi) is 2.63. The molecular weight excluding hydrogens is 234 g/mol. The third-order valence-corrected chi connectivity index (χ3v) is 3.42. The zero-order chi connectivity index (χ0) is 11.8. The number of alkyl halides is 1. The first-order chi connectivity index (χ1) is 8.31. The molecule has 1 aliphatic carbocycles. The van der Waals surface area contributed by atoms with Crippen LogP contribution >= 0.6 is 11.6 Å². The first-order valence-electron chi connectivity index (χ1n) is 5.87. The summed E-state index contributed by atoms with van der Waals surface area (Å²) in [6, 6.07) is 8.82. The van der Waals surface area contributed by atoms with Crippen LogP contribution in [0.4, 0.5) is 0 Å². The number of hydrogen-bond acceptors (Lipinski definition) is 2. The molecule has 3 nitrogen and oxygen atoms in total. The average molecular weight is 248 g/mol. The second-order valence-corrected chi connectivity index (χ2v) is 4.76. The van der Waals surface area contributed by atoms with Gasteiger partial charge in [-0.1, -0.05) is 24.3 Å². The number of halogens is 1. The lowest BCUT2D eigenvalue weighted by atomic mass is 10.1. The molecule has 0 spiro atoms. The van der Waals surface area contributed by atoms with Crippen LogP contribution in [0.3, 0.4) is 0 Å². The van der Waals surface area contributed by atoms with E-state index in [2.05, 4.69) is 33.8 Å². The lowest BCUT2D eigenvalue weighted by Gasteiger charge is -2.09. The molecular formula is C13H14ClN3. The van der Waals surface area contributed by atoms with Crippen LogP contribution in [0.1, 0.15) is 30.3 Å². The molecule has 0 N–H and O–H groups in total. The summed E-state index contributed by atoms with van der Waals surface area (Å²) >= 11 is 5.92. The molecule has 4 heteroatoms. The third-order valence-electron chi connectivity index (χ3n) is 3.18. The van der Waals surface area contributed by atoms with Crippen molar-refractivity contribution in [2.45, 2.75) is 31.7 Å². The van der Waals surface area contributed by atoms with Gasteiger partial charge in [0.05, 0.1) is 5.88 Å². The molecule has 1 fully saturated rings. The van der Waals surface area contributed by atoms with Gasteiger partial charge in [0, 0.05) is 11.6 Å². The largest absolute Gasteiger partial charge is 0.307 e. The molecule has 1 aliphatic rings. The molecule has 0 saturated heterocycles. The van der Waals surface area contributed by atoms with Gasteiger partial charge in [-0.25, -0.2) is 0 Å². The van der Waals surface area contributed by atoms with Gasteiger partial charge in [-0.2, -0.15) is 0 Å². The van der Waals surface area contributed by atoms with Crippen LogP contribution in [-0.2, 0) is 5.88 Å². The highest BCUT2D eigenvalue weighted by atomic mass is 35.5. The quantitative estimate of drug-likeness (QED) is 0.779. The monoisotopic (exact) mass is 247 g/mol. The van der Waals surface area contributed by atoms with Crippen molar-refractivity contribution in [1.29, 1.82) is 0 Å². The fourth-order valence-corrected chi connectivity index (χ4v) is 2.32. The van der Waals surface area contributed by atoms with Crippen LogP contribution in [0, 0.1) is 6.92 Å². The van der Waals surface area contributed by atoms with Gasteiger partial charge in [-0.3, -0.25) is 0 Å². The molecule has 0 bridgehead atoms. The summed E-state index contributed by atoms with van der Waals surface area (Å²) < 4.78 is 2.20. The van der Waals surface area contributed by atoms with Crippen molar-refractivity contribution in [3.05, 3.63) is 35.7 Å². The van der Waals surface area contributed by atoms with Crippen molar-refractivity contribution in [1.82, 2.24) is 14.8 Å². The van der Waals surface area contributed by atoms with Gasteiger partial charge in [0.25, 0.3) is 0 Å². The SMILES string of the molecule is Cc1ccccc1-c1nnc(CCl)n1C1CC1. The van der Waals surface area contributed by atoms with Gasteiger partial charge in [-0.05, 0) is 25.3 Å². The van der Waals surface area contributed by atoms with E-state index in [-0.39, 0.29) is 0 Å². The predicted octanol–water partition coefficient (Wildman–Crippen LogP) is 3.33. The van der Waals surface area contributed by atoms with E-state index in [0.29, 0.717) is 11.9 Å². The number of aromatic nitrogens is 3. The maximum atomic E-state index is 5.92.